The molecule has 0 atom stereocenters. The summed E-state index contributed by atoms with van der Waals surface area (Å²) in [6.45, 7) is 0.399. The zero-order valence-electron chi connectivity index (χ0n) is 10.8. The summed E-state index contributed by atoms with van der Waals surface area (Å²) in [6.07, 6.45) is 0. The second-order valence-electron chi connectivity index (χ2n) is 4.12. The van der Waals surface area contributed by atoms with Gasteiger partial charge in [0.25, 0.3) is 0 Å². The van der Waals surface area contributed by atoms with E-state index in [2.05, 4.69) is 5.32 Å². The van der Waals surface area contributed by atoms with Crippen molar-refractivity contribution >= 4 is 11.4 Å². The summed E-state index contributed by atoms with van der Waals surface area (Å²) < 4.78 is 17.7. The van der Waals surface area contributed by atoms with Crippen LogP contribution in [0.3, 0.4) is 0 Å². The number of nitrogens with one attached hydrogen (secondary N) is 1. The molecular weight excluding hydrogens is 263 g/mol. The SMILES string of the molecule is COc1ccc(CNc2ccc(F)cc2)cc1[N+](=O)[O-]. The van der Waals surface area contributed by atoms with Crippen LogP contribution in [-0.4, -0.2) is 12.0 Å². The number of nitro groups is 1. The monoisotopic (exact) mass is 276 g/mol. The number of hydrogen-bond acceptors (Lipinski definition) is 4. The van der Waals surface area contributed by atoms with Gasteiger partial charge >= 0.3 is 5.69 Å². The lowest BCUT2D eigenvalue weighted by molar-refractivity contribution is -0.385. The van der Waals surface area contributed by atoms with Crippen molar-refractivity contribution in [2.45, 2.75) is 6.54 Å². The van der Waals surface area contributed by atoms with E-state index in [0.29, 0.717) is 6.54 Å². The Labute approximate surface area is 115 Å². The molecule has 0 aliphatic rings. The van der Waals surface area contributed by atoms with E-state index in [1.807, 2.05) is 0 Å². The zero-order chi connectivity index (χ0) is 14.5. The number of nitrogens with zero attached hydrogens (tertiary/aromatic N) is 1. The van der Waals surface area contributed by atoms with Gasteiger partial charge in [0.05, 0.1) is 12.0 Å². The van der Waals surface area contributed by atoms with Crippen LogP contribution in [0.15, 0.2) is 42.5 Å². The van der Waals surface area contributed by atoms with Crippen molar-refractivity contribution in [3.8, 4) is 5.75 Å². The van der Waals surface area contributed by atoms with Crippen LogP contribution in [0.25, 0.3) is 0 Å². The zero-order valence-corrected chi connectivity index (χ0v) is 10.8. The average molecular weight is 276 g/mol. The summed E-state index contributed by atoms with van der Waals surface area (Å²) in [5.74, 6) is -0.0869. The molecule has 0 unspecified atom stereocenters. The Hall–Kier alpha value is -2.63. The molecule has 6 heteroatoms. The predicted molar refractivity (Wildman–Crippen MR) is 73.4 cm³/mol. The van der Waals surface area contributed by atoms with Crippen LogP contribution in [0, 0.1) is 15.9 Å². The Morgan fingerprint density at radius 1 is 1.25 bits per heavy atom. The third-order valence-electron chi connectivity index (χ3n) is 2.78. The molecule has 0 aliphatic heterocycles. The van der Waals surface area contributed by atoms with Crippen LogP contribution < -0.4 is 10.1 Å². The highest BCUT2D eigenvalue weighted by Crippen LogP contribution is 2.27. The molecule has 20 heavy (non-hydrogen) atoms. The summed E-state index contributed by atoms with van der Waals surface area (Å²) in [5.41, 5.74) is 1.40. The number of methoxy groups -OCH3 is 1. The van der Waals surface area contributed by atoms with Crippen molar-refractivity contribution in [2.24, 2.45) is 0 Å². The van der Waals surface area contributed by atoms with E-state index in [4.69, 9.17) is 4.74 Å². The van der Waals surface area contributed by atoms with Crippen LogP contribution in [-0.2, 0) is 6.54 Å². The third-order valence-corrected chi connectivity index (χ3v) is 2.78. The molecule has 104 valence electrons. The first-order valence-corrected chi connectivity index (χ1v) is 5.91. The fourth-order valence-electron chi connectivity index (χ4n) is 1.76. The minimum Gasteiger partial charge on any atom is -0.490 e. The van der Waals surface area contributed by atoms with E-state index >= 15 is 0 Å². The molecule has 0 saturated carbocycles. The van der Waals surface area contributed by atoms with Gasteiger partial charge in [-0.1, -0.05) is 6.07 Å². The summed E-state index contributed by atoms with van der Waals surface area (Å²) in [4.78, 5) is 10.4. The van der Waals surface area contributed by atoms with Gasteiger partial charge < -0.3 is 10.1 Å². The van der Waals surface area contributed by atoms with E-state index in [1.54, 1.807) is 24.3 Å². The first kappa shape index (κ1) is 13.8. The van der Waals surface area contributed by atoms with Gasteiger partial charge in [-0.25, -0.2) is 4.39 Å². The number of rotatable bonds is 5. The molecular formula is C14H13FN2O3. The van der Waals surface area contributed by atoms with Gasteiger partial charge in [-0.05, 0) is 35.9 Å². The lowest BCUT2D eigenvalue weighted by Crippen LogP contribution is -2.01. The molecule has 0 heterocycles. The molecule has 0 spiro atoms. The largest absolute Gasteiger partial charge is 0.490 e. The number of ether oxygens (including phenoxy) is 1. The Kier molecular flexibility index (Phi) is 4.14. The van der Waals surface area contributed by atoms with Gasteiger partial charge in [0.1, 0.15) is 5.82 Å². The number of anilines is 1. The lowest BCUT2D eigenvalue weighted by Gasteiger charge is -2.08. The molecule has 0 fully saturated rings. The van der Waals surface area contributed by atoms with Crippen molar-refractivity contribution in [1.82, 2.24) is 0 Å². The lowest BCUT2D eigenvalue weighted by atomic mass is 10.2. The number of halogens is 1. The van der Waals surface area contributed by atoms with Crippen LogP contribution in [0.4, 0.5) is 15.8 Å². The molecule has 0 aliphatic carbocycles. The molecule has 5 nitrogen and oxygen atoms in total. The van der Waals surface area contributed by atoms with Gasteiger partial charge in [-0.3, -0.25) is 10.1 Å². The summed E-state index contributed by atoms with van der Waals surface area (Å²) >= 11 is 0. The number of nitro benzene ring substituents is 1. The number of benzene rings is 2. The van der Waals surface area contributed by atoms with Crippen LogP contribution in [0.5, 0.6) is 5.75 Å². The molecule has 0 aromatic heterocycles. The van der Waals surface area contributed by atoms with E-state index in [-0.39, 0.29) is 17.3 Å². The van der Waals surface area contributed by atoms with Crippen molar-refractivity contribution in [1.29, 1.82) is 0 Å². The molecule has 2 aromatic carbocycles. The quantitative estimate of drug-likeness (QED) is 0.671. The van der Waals surface area contributed by atoms with Gasteiger partial charge in [-0.15, -0.1) is 0 Å². The standard InChI is InChI=1S/C14H13FN2O3/c1-20-14-7-2-10(8-13(14)17(18)19)9-16-12-5-3-11(15)4-6-12/h2-8,16H,9H2,1H3. The Morgan fingerprint density at radius 2 is 1.95 bits per heavy atom. The molecule has 1 N–H and O–H groups in total. The van der Waals surface area contributed by atoms with Gasteiger partial charge in [-0.2, -0.15) is 0 Å². The highest BCUT2D eigenvalue weighted by Gasteiger charge is 2.14. The second kappa shape index (κ2) is 6.01. The van der Waals surface area contributed by atoms with Gasteiger partial charge in [0.15, 0.2) is 5.75 Å². The van der Waals surface area contributed by atoms with E-state index in [0.717, 1.165) is 11.3 Å². The van der Waals surface area contributed by atoms with Gasteiger partial charge in [0.2, 0.25) is 0 Å². The van der Waals surface area contributed by atoms with Gasteiger partial charge in [0, 0.05) is 18.3 Å². The van der Waals surface area contributed by atoms with Crippen molar-refractivity contribution in [3.05, 3.63) is 64.0 Å². The van der Waals surface area contributed by atoms with E-state index < -0.39 is 4.92 Å². The maximum Gasteiger partial charge on any atom is 0.311 e. The van der Waals surface area contributed by atoms with Crippen LogP contribution in [0.1, 0.15) is 5.56 Å². The van der Waals surface area contributed by atoms with Crippen molar-refractivity contribution in [2.75, 3.05) is 12.4 Å². The number of hydrogen-bond donors (Lipinski definition) is 1. The molecule has 2 aromatic rings. The predicted octanol–water partition coefficient (Wildman–Crippen LogP) is 3.35. The molecule has 0 saturated heterocycles. The summed E-state index contributed by atoms with van der Waals surface area (Å²) in [7, 11) is 1.39. The van der Waals surface area contributed by atoms with Crippen molar-refractivity contribution < 1.29 is 14.1 Å². The Bertz CT molecular complexity index is 614. The fourth-order valence-corrected chi connectivity index (χ4v) is 1.76. The maximum absolute atomic E-state index is 12.8. The first-order chi connectivity index (χ1) is 9.60. The summed E-state index contributed by atoms with van der Waals surface area (Å²) in [6, 6.07) is 10.6. The normalized spacial score (nSPS) is 10.1. The fraction of sp³-hybridized carbons (Fsp3) is 0.143. The highest BCUT2D eigenvalue weighted by atomic mass is 19.1. The minimum atomic E-state index is -0.486. The molecule has 0 bridgehead atoms. The first-order valence-electron chi connectivity index (χ1n) is 5.91. The molecule has 0 amide bonds. The minimum absolute atomic E-state index is 0.0779. The smallest absolute Gasteiger partial charge is 0.311 e. The van der Waals surface area contributed by atoms with Crippen LogP contribution in [0.2, 0.25) is 0 Å². The molecule has 0 radical (unpaired) electrons. The second-order valence-corrected chi connectivity index (χ2v) is 4.12. The summed E-state index contributed by atoms with van der Waals surface area (Å²) in [5, 5.41) is 14.0. The third kappa shape index (κ3) is 3.23. The maximum atomic E-state index is 12.8. The average Bonchev–Trinajstić information content (AvgIpc) is 2.46. The van der Waals surface area contributed by atoms with Crippen LogP contribution >= 0.6 is 0 Å². The Balaban J connectivity index is 2.11. The van der Waals surface area contributed by atoms with E-state index in [1.165, 1.54) is 25.3 Å². The van der Waals surface area contributed by atoms with E-state index in [9.17, 15) is 14.5 Å². The Morgan fingerprint density at radius 3 is 2.55 bits per heavy atom. The highest BCUT2D eigenvalue weighted by molar-refractivity contribution is 5.50. The topological polar surface area (TPSA) is 64.4 Å². The van der Waals surface area contributed by atoms with Crippen molar-refractivity contribution in [3.63, 3.8) is 0 Å². The molecule has 2 rings (SSSR count).